The molecule has 1 heterocycles. The van der Waals surface area contributed by atoms with E-state index in [0.29, 0.717) is 13.0 Å². The maximum Gasteiger partial charge on any atom is 0.123 e. The zero-order valence-corrected chi connectivity index (χ0v) is 12.3. The molecule has 0 saturated heterocycles. The maximum absolute atomic E-state index is 13.2. The van der Waals surface area contributed by atoms with Gasteiger partial charge in [-0.05, 0) is 35.4 Å². The zero-order valence-electron chi connectivity index (χ0n) is 12.3. The highest BCUT2D eigenvalue weighted by Crippen LogP contribution is 2.39. The number of hydrogen-bond donors (Lipinski definition) is 1. The lowest BCUT2D eigenvalue weighted by Gasteiger charge is -2.17. The van der Waals surface area contributed by atoms with Crippen LogP contribution in [0.2, 0.25) is 0 Å². The molecule has 1 aliphatic heterocycles. The SMILES string of the molecule is CC1(C)COc2ccc(C(O)Cc3cccc(F)c3)cc21. The van der Waals surface area contributed by atoms with Crippen LogP contribution in [0.25, 0.3) is 0 Å². The highest BCUT2D eigenvalue weighted by atomic mass is 19.1. The van der Waals surface area contributed by atoms with E-state index in [1.165, 1.54) is 12.1 Å². The predicted molar refractivity (Wildman–Crippen MR) is 80.0 cm³/mol. The fourth-order valence-electron chi connectivity index (χ4n) is 2.75. The van der Waals surface area contributed by atoms with Crippen LogP contribution in [-0.4, -0.2) is 11.7 Å². The summed E-state index contributed by atoms with van der Waals surface area (Å²) in [7, 11) is 0. The highest BCUT2D eigenvalue weighted by molar-refractivity contribution is 5.45. The number of fused-ring (bicyclic) bond motifs is 1. The van der Waals surface area contributed by atoms with Gasteiger partial charge in [0, 0.05) is 17.4 Å². The van der Waals surface area contributed by atoms with E-state index in [4.69, 9.17) is 4.74 Å². The summed E-state index contributed by atoms with van der Waals surface area (Å²) in [6, 6.07) is 12.2. The lowest BCUT2D eigenvalue weighted by atomic mass is 9.85. The van der Waals surface area contributed by atoms with Gasteiger partial charge >= 0.3 is 0 Å². The largest absolute Gasteiger partial charge is 0.492 e. The monoisotopic (exact) mass is 286 g/mol. The molecule has 0 spiro atoms. The molecule has 1 N–H and O–H groups in total. The summed E-state index contributed by atoms with van der Waals surface area (Å²) in [5.74, 6) is 0.616. The second-order valence-corrected chi connectivity index (χ2v) is 6.28. The standard InChI is InChI=1S/C18H19FO2/c1-18(2)11-21-17-7-6-13(10-15(17)18)16(20)9-12-4-3-5-14(19)8-12/h3-8,10,16,20H,9,11H2,1-2H3. The highest BCUT2D eigenvalue weighted by Gasteiger charge is 2.32. The Morgan fingerprint density at radius 2 is 2.05 bits per heavy atom. The van der Waals surface area contributed by atoms with Crippen LogP contribution in [0, 0.1) is 5.82 Å². The van der Waals surface area contributed by atoms with Crippen molar-refractivity contribution in [3.8, 4) is 5.75 Å². The van der Waals surface area contributed by atoms with Crippen molar-refractivity contribution in [1.29, 1.82) is 0 Å². The van der Waals surface area contributed by atoms with Crippen molar-refractivity contribution >= 4 is 0 Å². The Bertz CT molecular complexity index is 664. The average molecular weight is 286 g/mol. The lowest BCUT2D eigenvalue weighted by Crippen LogP contribution is -2.18. The van der Waals surface area contributed by atoms with Gasteiger partial charge in [-0.3, -0.25) is 0 Å². The molecule has 3 rings (SSSR count). The fraction of sp³-hybridized carbons (Fsp3) is 0.333. The third kappa shape index (κ3) is 2.79. The van der Waals surface area contributed by atoms with Gasteiger partial charge in [-0.15, -0.1) is 0 Å². The van der Waals surface area contributed by atoms with E-state index in [-0.39, 0.29) is 11.2 Å². The van der Waals surface area contributed by atoms with Crippen LogP contribution in [-0.2, 0) is 11.8 Å². The maximum atomic E-state index is 13.2. The minimum absolute atomic E-state index is 0.0378. The van der Waals surface area contributed by atoms with Gasteiger partial charge in [0.15, 0.2) is 0 Å². The van der Waals surface area contributed by atoms with Crippen molar-refractivity contribution in [2.24, 2.45) is 0 Å². The molecule has 2 aromatic rings. The van der Waals surface area contributed by atoms with E-state index in [1.54, 1.807) is 6.07 Å². The van der Waals surface area contributed by atoms with Crippen LogP contribution >= 0.6 is 0 Å². The summed E-state index contributed by atoms with van der Waals surface area (Å²) in [6.45, 7) is 4.91. The molecular weight excluding hydrogens is 267 g/mol. The van der Waals surface area contributed by atoms with E-state index in [1.807, 2.05) is 24.3 Å². The fourth-order valence-corrected chi connectivity index (χ4v) is 2.75. The first-order valence-electron chi connectivity index (χ1n) is 7.15. The third-order valence-corrected chi connectivity index (χ3v) is 4.02. The van der Waals surface area contributed by atoms with Crippen molar-refractivity contribution < 1.29 is 14.2 Å². The third-order valence-electron chi connectivity index (χ3n) is 4.02. The van der Waals surface area contributed by atoms with Crippen molar-refractivity contribution in [3.05, 3.63) is 65.0 Å². The van der Waals surface area contributed by atoms with Gasteiger partial charge in [-0.25, -0.2) is 4.39 Å². The van der Waals surface area contributed by atoms with Gasteiger partial charge in [0.2, 0.25) is 0 Å². The van der Waals surface area contributed by atoms with E-state index in [0.717, 1.165) is 22.4 Å². The molecular formula is C18H19FO2. The smallest absolute Gasteiger partial charge is 0.123 e. The molecule has 0 aromatic heterocycles. The van der Waals surface area contributed by atoms with Gasteiger partial charge in [0.05, 0.1) is 12.7 Å². The molecule has 110 valence electrons. The molecule has 21 heavy (non-hydrogen) atoms. The second kappa shape index (κ2) is 5.15. The molecule has 1 atom stereocenters. The van der Waals surface area contributed by atoms with Crippen LogP contribution in [0.1, 0.15) is 36.6 Å². The molecule has 2 nitrogen and oxygen atoms in total. The molecule has 0 saturated carbocycles. The zero-order chi connectivity index (χ0) is 15.0. The Labute approximate surface area is 124 Å². The van der Waals surface area contributed by atoms with E-state index in [9.17, 15) is 9.50 Å². The summed E-state index contributed by atoms with van der Waals surface area (Å²) in [4.78, 5) is 0. The quantitative estimate of drug-likeness (QED) is 0.930. The number of halogens is 1. The molecule has 0 fully saturated rings. The van der Waals surface area contributed by atoms with E-state index < -0.39 is 6.10 Å². The van der Waals surface area contributed by atoms with Gasteiger partial charge in [-0.1, -0.05) is 32.0 Å². The van der Waals surface area contributed by atoms with Gasteiger partial charge in [-0.2, -0.15) is 0 Å². The predicted octanol–water partition coefficient (Wildman–Crippen LogP) is 3.77. The molecule has 1 aliphatic rings. The number of rotatable bonds is 3. The Morgan fingerprint density at radius 1 is 1.24 bits per heavy atom. The molecule has 2 aromatic carbocycles. The molecule has 0 radical (unpaired) electrons. The Hall–Kier alpha value is -1.87. The van der Waals surface area contributed by atoms with Gasteiger partial charge in [0.25, 0.3) is 0 Å². The normalized spacial score (nSPS) is 17.1. The summed E-state index contributed by atoms with van der Waals surface area (Å²) in [5.41, 5.74) is 2.72. The van der Waals surface area contributed by atoms with Crippen LogP contribution in [0.3, 0.4) is 0 Å². The van der Waals surface area contributed by atoms with Crippen LogP contribution in [0.5, 0.6) is 5.75 Å². The Morgan fingerprint density at radius 3 is 2.81 bits per heavy atom. The molecule has 0 bridgehead atoms. The van der Waals surface area contributed by atoms with Crippen molar-refractivity contribution in [1.82, 2.24) is 0 Å². The van der Waals surface area contributed by atoms with Crippen molar-refractivity contribution in [2.45, 2.75) is 31.8 Å². The van der Waals surface area contributed by atoms with Crippen molar-refractivity contribution in [3.63, 3.8) is 0 Å². The average Bonchev–Trinajstić information content (AvgIpc) is 2.74. The number of aliphatic hydroxyl groups excluding tert-OH is 1. The number of hydrogen-bond acceptors (Lipinski definition) is 2. The second-order valence-electron chi connectivity index (χ2n) is 6.28. The van der Waals surface area contributed by atoms with Crippen LogP contribution in [0.4, 0.5) is 4.39 Å². The molecule has 0 amide bonds. The first-order valence-corrected chi connectivity index (χ1v) is 7.15. The molecule has 0 aliphatic carbocycles. The summed E-state index contributed by atoms with van der Waals surface area (Å²) in [5, 5.41) is 10.4. The van der Waals surface area contributed by atoms with Crippen LogP contribution in [0.15, 0.2) is 42.5 Å². The van der Waals surface area contributed by atoms with E-state index >= 15 is 0 Å². The minimum atomic E-state index is -0.645. The molecule has 3 heteroatoms. The van der Waals surface area contributed by atoms with Crippen LogP contribution < -0.4 is 4.74 Å². The van der Waals surface area contributed by atoms with Crippen molar-refractivity contribution in [2.75, 3.05) is 6.61 Å². The molecule has 1 unspecified atom stereocenters. The number of benzene rings is 2. The topological polar surface area (TPSA) is 29.5 Å². The summed E-state index contributed by atoms with van der Waals surface area (Å²) in [6.07, 6.45) is -0.244. The Balaban J connectivity index is 1.84. The van der Waals surface area contributed by atoms with Gasteiger partial charge < -0.3 is 9.84 Å². The summed E-state index contributed by atoms with van der Waals surface area (Å²) < 4.78 is 18.9. The van der Waals surface area contributed by atoms with E-state index in [2.05, 4.69) is 13.8 Å². The van der Waals surface area contributed by atoms with Gasteiger partial charge in [0.1, 0.15) is 11.6 Å². The minimum Gasteiger partial charge on any atom is -0.492 e. The summed E-state index contributed by atoms with van der Waals surface area (Å²) >= 11 is 0. The number of ether oxygens (including phenoxy) is 1. The first kappa shape index (κ1) is 14.1. The number of aliphatic hydroxyl groups is 1. The lowest BCUT2D eigenvalue weighted by molar-refractivity contribution is 0.178. The Kier molecular flexibility index (Phi) is 3.46. The first-order chi connectivity index (χ1) is 9.95.